The van der Waals surface area contributed by atoms with E-state index in [-0.39, 0.29) is 29.6 Å². The van der Waals surface area contributed by atoms with Gasteiger partial charge in [-0.15, -0.1) is 0 Å². The van der Waals surface area contributed by atoms with Gasteiger partial charge in [-0.25, -0.2) is 9.18 Å². The molecule has 1 aromatic heterocycles. The summed E-state index contributed by atoms with van der Waals surface area (Å²) >= 11 is 6.24. The number of hydrogen-bond acceptors (Lipinski definition) is 4. The Kier molecular flexibility index (Phi) is 6.58. The molecule has 1 amide bonds. The standard InChI is InChI=1S/C22H17ClFN3O4/c1-26-21(30)19(25-18(29)13-15-7-9-16(24)10-8-15)20(23)27(22(26)31)11-3-5-14-4-2-6-17(28)12-14/h2,4,6-10,12,28H,11,13H2,1H3,(H,25,29). The molecule has 0 unspecified atom stereocenters. The molecule has 2 N–H and O–H groups in total. The smallest absolute Gasteiger partial charge is 0.332 e. The molecule has 0 fully saturated rings. The minimum atomic E-state index is -0.764. The highest BCUT2D eigenvalue weighted by molar-refractivity contribution is 6.32. The van der Waals surface area contributed by atoms with E-state index in [1.807, 2.05) is 0 Å². The Hall–Kier alpha value is -3.83. The average Bonchev–Trinajstić information content (AvgIpc) is 2.74. The molecule has 0 saturated heterocycles. The molecule has 7 nitrogen and oxygen atoms in total. The summed E-state index contributed by atoms with van der Waals surface area (Å²) in [6, 6.07) is 11.6. The van der Waals surface area contributed by atoms with Gasteiger partial charge in [0.1, 0.15) is 22.4 Å². The monoisotopic (exact) mass is 441 g/mol. The third-order valence-electron chi connectivity index (χ3n) is 4.34. The number of nitrogens with one attached hydrogen (secondary N) is 1. The van der Waals surface area contributed by atoms with E-state index < -0.39 is 23.0 Å². The summed E-state index contributed by atoms with van der Waals surface area (Å²) in [6.07, 6.45) is -0.115. The molecule has 0 atom stereocenters. The molecule has 3 aromatic rings. The van der Waals surface area contributed by atoms with Gasteiger partial charge in [0.2, 0.25) is 5.91 Å². The van der Waals surface area contributed by atoms with Crippen LogP contribution < -0.4 is 16.6 Å². The largest absolute Gasteiger partial charge is 0.508 e. The Labute approximate surface area is 181 Å². The quantitative estimate of drug-likeness (QED) is 0.480. The molecule has 2 aromatic carbocycles. The fraction of sp³-hybridized carbons (Fsp3) is 0.136. The van der Waals surface area contributed by atoms with Crippen molar-refractivity contribution in [3.8, 4) is 17.6 Å². The summed E-state index contributed by atoms with van der Waals surface area (Å²) in [6.45, 7) is -0.151. The van der Waals surface area contributed by atoms with Gasteiger partial charge in [-0.2, -0.15) is 0 Å². The van der Waals surface area contributed by atoms with Gasteiger partial charge in [-0.05, 0) is 35.9 Å². The van der Waals surface area contributed by atoms with Crippen molar-refractivity contribution in [2.45, 2.75) is 13.0 Å². The second kappa shape index (κ2) is 9.32. The lowest BCUT2D eigenvalue weighted by Gasteiger charge is -2.13. The van der Waals surface area contributed by atoms with Crippen molar-refractivity contribution in [3.05, 3.63) is 91.5 Å². The number of rotatable bonds is 4. The first kappa shape index (κ1) is 21.9. The number of benzene rings is 2. The van der Waals surface area contributed by atoms with Crippen molar-refractivity contribution < 1.29 is 14.3 Å². The predicted octanol–water partition coefficient (Wildman–Crippen LogP) is 2.28. The maximum absolute atomic E-state index is 13.0. The van der Waals surface area contributed by atoms with Crippen LogP contribution in [-0.2, 0) is 24.8 Å². The van der Waals surface area contributed by atoms with Gasteiger partial charge in [-0.3, -0.25) is 18.7 Å². The molecule has 1 heterocycles. The maximum atomic E-state index is 13.0. The number of phenolic OH excluding ortho intramolecular Hbond substituents is 1. The molecular weight excluding hydrogens is 425 g/mol. The number of amides is 1. The Bertz CT molecular complexity index is 1320. The Balaban J connectivity index is 1.87. The van der Waals surface area contributed by atoms with Crippen molar-refractivity contribution in [1.29, 1.82) is 0 Å². The number of nitrogens with zero attached hydrogens (tertiary/aromatic N) is 2. The number of carbonyl (C=O) groups is 1. The number of aromatic nitrogens is 2. The van der Waals surface area contributed by atoms with Crippen LogP contribution in [0.1, 0.15) is 11.1 Å². The van der Waals surface area contributed by atoms with Crippen LogP contribution in [0.4, 0.5) is 10.1 Å². The first-order valence-corrected chi connectivity index (χ1v) is 9.45. The van der Waals surface area contributed by atoms with Crippen LogP contribution in [-0.4, -0.2) is 20.1 Å². The summed E-state index contributed by atoms with van der Waals surface area (Å²) in [5.74, 6) is 4.61. The molecule has 0 aliphatic carbocycles. The number of carbonyl (C=O) groups excluding carboxylic acids is 1. The zero-order valence-electron chi connectivity index (χ0n) is 16.4. The van der Waals surface area contributed by atoms with E-state index in [0.717, 1.165) is 9.13 Å². The zero-order chi connectivity index (χ0) is 22.5. The van der Waals surface area contributed by atoms with Crippen LogP contribution in [0.25, 0.3) is 0 Å². The highest BCUT2D eigenvalue weighted by Gasteiger charge is 2.18. The fourth-order valence-electron chi connectivity index (χ4n) is 2.76. The van der Waals surface area contributed by atoms with Crippen molar-refractivity contribution in [2.75, 3.05) is 5.32 Å². The lowest BCUT2D eigenvalue weighted by molar-refractivity contribution is -0.115. The van der Waals surface area contributed by atoms with Crippen LogP contribution >= 0.6 is 11.6 Å². The number of hydrogen-bond donors (Lipinski definition) is 2. The second-order valence-electron chi connectivity index (χ2n) is 6.60. The van der Waals surface area contributed by atoms with E-state index in [4.69, 9.17) is 11.6 Å². The molecule has 0 aliphatic heterocycles. The Morgan fingerprint density at radius 1 is 1.19 bits per heavy atom. The number of anilines is 1. The van der Waals surface area contributed by atoms with Crippen molar-refractivity contribution in [3.63, 3.8) is 0 Å². The Morgan fingerprint density at radius 3 is 2.58 bits per heavy atom. The number of aromatic hydroxyl groups is 1. The highest BCUT2D eigenvalue weighted by Crippen LogP contribution is 2.16. The average molecular weight is 442 g/mol. The zero-order valence-corrected chi connectivity index (χ0v) is 17.1. The van der Waals surface area contributed by atoms with E-state index in [0.29, 0.717) is 11.1 Å². The number of phenols is 1. The molecular formula is C22H17ClFN3O4. The van der Waals surface area contributed by atoms with Crippen LogP contribution in [0.5, 0.6) is 5.75 Å². The van der Waals surface area contributed by atoms with Crippen LogP contribution in [0.2, 0.25) is 5.15 Å². The lowest BCUT2D eigenvalue weighted by atomic mass is 10.1. The minimum Gasteiger partial charge on any atom is -0.508 e. The molecule has 0 saturated carbocycles. The van der Waals surface area contributed by atoms with E-state index in [1.165, 1.54) is 43.4 Å². The molecule has 3 rings (SSSR count). The molecule has 0 spiro atoms. The second-order valence-corrected chi connectivity index (χ2v) is 6.96. The summed E-state index contributed by atoms with van der Waals surface area (Å²) < 4.78 is 14.9. The van der Waals surface area contributed by atoms with Gasteiger partial charge in [0.15, 0.2) is 0 Å². The first-order valence-electron chi connectivity index (χ1n) is 9.08. The number of halogens is 2. The summed E-state index contributed by atoms with van der Waals surface area (Å²) in [7, 11) is 1.26. The van der Waals surface area contributed by atoms with Crippen molar-refractivity contribution in [2.24, 2.45) is 7.05 Å². The van der Waals surface area contributed by atoms with Gasteiger partial charge < -0.3 is 10.4 Å². The molecule has 0 aliphatic rings. The third-order valence-corrected chi connectivity index (χ3v) is 4.73. The van der Waals surface area contributed by atoms with Gasteiger partial charge >= 0.3 is 5.69 Å². The normalized spacial score (nSPS) is 10.3. The molecule has 158 valence electrons. The van der Waals surface area contributed by atoms with E-state index in [1.54, 1.807) is 12.1 Å². The fourth-order valence-corrected chi connectivity index (χ4v) is 3.02. The highest BCUT2D eigenvalue weighted by atomic mass is 35.5. The maximum Gasteiger partial charge on any atom is 0.332 e. The minimum absolute atomic E-state index is 0.0512. The topological polar surface area (TPSA) is 93.3 Å². The van der Waals surface area contributed by atoms with Crippen LogP contribution in [0.15, 0.2) is 58.1 Å². The van der Waals surface area contributed by atoms with Crippen molar-refractivity contribution >= 4 is 23.2 Å². The SMILES string of the molecule is Cn1c(=O)c(NC(=O)Cc2ccc(F)cc2)c(Cl)n(CC#Cc2cccc(O)c2)c1=O. The van der Waals surface area contributed by atoms with Crippen molar-refractivity contribution in [1.82, 2.24) is 9.13 Å². The Morgan fingerprint density at radius 2 is 1.90 bits per heavy atom. The summed E-state index contributed by atoms with van der Waals surface area (Å²) in [4.78, 5) is 37.3. The lowest BCUT2D eigenvalue weighted by Crippen LogP contribution is -2.40. The van der Waals surface area contributed by atoms with E-state index >= 15 is 0 Å². The third kappa shape index (κ3) is 5.21. The van der Waals surface area contributed by atoms with E-state index in [2.05, 4.69) is 17.2 Å². The van der Waals surface area contributed by atoms with Gasteiger partial charge in [0.05, 0.1) is 13.0 Å². The van der Waals surface area contributed by atoms with E-state index in [9.17, 15) is 23.9 Å². The van der Waals surface area contributed by atoms with Gasteiger partial charge in [0.25, 0.3) is 5.56 Å². The molecule has 31 heavy (non-hydrogen) atoms. The molecule has 0 radical (unpaired) electrons. The summed E-state index contributed by atoms with van der Waals surface area (Å²) in [5, 5.41) is 11.7. The summed E-state index contributed by atoms with van der Waals surface area (Å²) in [5.41, 5.74) is -0.648. The first-order chi connectivity index (χ1) is 14.8. The molecule has 9 heteroatoms. The molecule has 0 bridgehead atoms. The predicted molar refractivity (Wildman–Crippen MR) is 115 cm³/mol. The van der Waals surface area contributed by atoms with Crippen LogP contribution in [0, 0.1) is 17.7 Å². The van der Waals surface area contributed by atoms with Gasteiger partial charge in [-0.1, -0.05) is 41.6 Å². The van der Waals surface area contributed by atoms with Gasteiger partial charge in [0, 0.05) is 12.6 Å². The van der Waals surface area contributed by atoms with Crippen LogP contribution in [0.3, 0.4) is 0 Å².